The Kier molecular flexibility index (Phi) is 5.62. The van der Waals surface area contributed by atoms with Gasteiger partial charge in [-0.1, -0.05) is 24.3 Å². The van der Waals surface area contributed by atoms with E-state index in [9.17, 15) is 26.4 Å². The average Bonchev–Trinajstić information content (AvgIpc) is 3.21. The van der Waals surface area contributed by atoms with Gasteiger partial charge < -0.3 is 4.90 Å². The molecule has 1 aromatic carbocycles. The Labute approximate surface area is 159 Å². The first-order valence-electron chi connectivity index (χ1n) is 8.32. The van der Waals surface area contributed by atoms with Gasteiger partial charge in [-0.3, -0.25) is 4.79 Å². The van der Waals surface area contributed by atoms with Crippen LogP contribution >= 0.6 is 11.3 Å². The maximum atomic E-state index is 12.9. The van der Waals surface area contributed by atoms with Crippen LogP contribution in [0.25, 0.3) is 0 Å². The lowest BCUT2D eigenvalue weighted by atomic mass is 10.1. The second-order valence-corrected chi connectivity index (χ2v) is 9.79. The molecule has 27 heavy (non-hydrogen) atoms. The predicted octanol–water partition coefficient (Wildman–Crippen LogP) is 3.53. The van der Waals surface area contributed by atoms with E-state index in [2.05, 4.69) is 0 Å². The Morgan fingerprint density at radius 2 is 2.00 bits per heavy atom. The van der Waals surface area contributed by atoms with Crippen LogP contribution in [-0.4, -0.2) is 36.8 Å². The van der Waals surface area contributed by atoms with E-state index in [0.717, 1.165) is 17.0 Å². The Hall–Kier alpha value is -1.87. The van der Waals surface area contributed by atoms with Crippen molar-refractivity contribution >= 4 is 27.1 Å². The summed E-state index contributed by atoms with van der Waals surface area (Å²) in [6, 6.07) is 7.90. The fourth-order valence-electron chi connectivity index (χ4n) is 3.15. The predicted molar refractivity (Wildman–Crippen MR) is 97.1 cm³/mol. The van der Waals surface area contributed by atoms with Crippen molar-refractivity contribution in [1.82, 2.24) is 4.90 Å². The van der Waals surface area contributed by atoms with E-state index < -0.39 is 27.6 Å². The maximum absolute atomic E-state index is 12.9. The van der Waals surface area contributed by atoms with Crippen molar-refractivity contribution in [1.29, 1.82) is 0 Å². The highest BCUT2D eigenvalue weighted by molar-refractivity contribution is 7.91. The minimum absolute atomic E-state index is 0.0233. The molecule has 1 saturated heterocycles. The minimum Gasteiger partial charge on any atom is -0.333 e. The number of thiophene rings is 1. The Balaban J connectivity index is 1.80. The molecule has 1 fully saturated rings. The SMILES string of the molecule is O=C(Cc1cccc(C(F)(F)F)c1)N(Cc1cccs1)[C@@H]1CCS(=O)(=O)C1. The van der Waals surface area contributed by atoms with E-state index in [-0.39, 0.29) is 35.9 Å². The number of alkyl halides is 3. The van der Waals surface area contributed by atoms with Gasteiger partial charge >= 0.3 is 6.18 Å². The van der Waals surface area contributed by atoms with Crippen molar-refractivity contribution in [2.24, 2.45) is 0 Å². The van der Waals surface area contributed by atoms with E-state index in [0.29, 0.717) is 6.42 Å². The van der Waals surface area contributed by atoms with E-state index in [1.807, 2.05) is 17.5 Å². The zero-order chi connectivity index (χ0) is 19.7. The molecule has 0 bridgehead atoms. The molecule has 9 heteroatoms. The number of sulfone groups is 1. The van der Waals surface area contributed by atoms with Gasteiger partial charge in [-0.05, 0) is 29.5 Å². The van der Waals surface area contributed by atoms with Gasteiger partial charge in [0.1, 0.15) is 0 Å². The standard InChI is InChI=1S/C18H18F3NO3S2/c19-18(20,21)14-4-1-3-13(9-14)10-17(23)22(11-16-5-2-7-26-16)15-6-8-27(24,25)12-15/h1-5,7,9,15H,6,8,10-12H2/t15-/m1/s1. The third-order valence-corrected chi connectivity index (χ3v) is 7.10. The van der Waals surface area contributed by atoms with Crippen molar-refractivity contribution in [3.05, 3.63) is 57.8 Å². The van der Waals surface area contributed by atoms with Gasteiger partial charge in [-0.2, -0.15) is 13.2 Å². The Morgan fingerprint density at radius 1 is 1.22 bits per heavy atom. The van der Waals surface area contributed by atoms with E-state index in [4.69, 9.17) is 0 Å². The number of hydrogen-bond acceptors (Lipinski definition) is 4. The van der Waals surface area contributed by atoms with Gasteiger partial charge in [0.25, 0.3) is 0 Å². The molecule has 2 heterocycles. The zero-order valence-electron chi connectivity index (χ0n) is 14.3. The molecule has 0 radical (unpaired) electrons. The molecule has 3 rings (SSSR count). The van der Waals surface area contributed by atoms with Gasteiger partial charge in [-0.25, -0.2) is 8.42 Å². The molecule has 1 aliphatic rings. The highest BCUT2D eigenvalue weighted by atomic mass is 32.2. The number of hydrogen-bond donors (Lipinski definition) is 0. The summed E-state index contributed by atoms with van der Waals surface area (Å²) in [4.78, 5) is 15.2. The molecule has 0 spiro atoms. The van der Waals surface area contributed by atoms with Crippen molar-refractivity contribution in [3.63, 3.8) is 0 Å². The number of carbonyl (C=O) groups excluding carboxylic acids is 1. The lowest BCUT2D eigenvalue weighted by Gasteiger charge is -2.28. The van der Waals surface area contributed by atoms with Gasteiger partial charge in [0.15, 0.2) is 9.84 Å². The number of benzene rings is 1. The van der Waals surface area contributed by atoms with Crippen LogP contribution in [0.2, 0.25) is 0 Å². The van der Waals surface area contributed by atoms with E-state index >= 15 is 0 Å². The number of rotatable bonds is 5. The number of carbonyl (C=O) groups is 1. The lowest BCUT2D eigenvalue weighted by molar-refractivity contribution is -0.138. The normalized spacial score (nSPS) is 19.1. The van der Waals surface area contributed by atoms with Crippen molar-refractivity contribution in [2.75, 3.05) is 11.5 Å². The molecule has 4 nitrogen and oxygen atoms in total. The highest BCUT2D eigenvalue weighted by Gasteiger charge is 2.35. The first kappa shape index (κ1) is 19.9. The molecule has 0 saturated carbocycles. The molecule has 1 atom stereocenters. The van der Waals surface area contributed by atoms with E-state index in [1.54, 1.807) is 0 Å². The Morgan fingerprint density at radius 3 is 2.59 bits per heavy atom. The number of halogens is 3. The largest absolute Gasteiger partial charge is 0.416 e. The third kappa shape index (κ3) is 5.10. The molecule has 1 amide bonds. The quantitative estimate of drug-likeness (QED) is 0.748. The van der Waals surface area contributed by atoms with Gasteiger partial charge in [-0.15, -0.1) is 11.3 Å². The van der Waals surface area contributed by atoms with Crippen LogP contribution in [0, 0.1) is 0 Å². The van der Waals surface area contributed by atoms with Gasteiger partial charge in [0, 0.05) is 10.9 Å². The monoisotopic (exact) mass is 417 g/mol. The third-order valence-electron chi connectivity index (χ3n) is 4.49. The van der Waals surface area contributed by atoms with Gasteiger partial charge in [0.2, 0.25) is 5.91 Å². The van der Waals surface area contributed by atoms with Crippen molar-refractivity contribution in [3.8, 4) is 0 Å². The summed E-state index contributed by atoms with van der Waals surface area (Å²) in [6.45, 7) is 0.260. The van der Waals surface area contributed by atoms with Crippen LogP contribution in [-0.2, 0) is 33.8 Å². The fraction of sp³-hybridized carbons (Fsp3) is 0.389. The molecule has 1 aromatic heterocycles. The molecule has 146 valence electrons. The molecule has 0 N–H and O–H groups in total. The number of nitrogens with zero attached hydrogens (tertiary/aromatic N) is 1. The first-order valence-corrected chi connectivity index (χ1v) is 11.0. The smallest absolute Gasteiger partial charge is 0.333 e. The summed E-state index contributed by atoms with van der Waals surface area (Å²) in [5.41, 5.74) is -0.548. The fourth-order valence-corrected chi connectivity index (χ4v) is 5.58. The zero-order valence-corrected chi connectivity index (χ0v) is 15.9. The second-order valence-electron chi connectivity index (χ2n) is 6.53. The summed E-state index contributed by atoms with van der Waals surface area (Å²) < 4.78 is 62.3. The average molecular weight is 417 g/mol. The number of amides is 1. The summed E-state index contributed by atoms with van der Waals surface area (Å²) in [7, 11) is -3.19. The van der Waals surface area contributed by atoms with Crippen LogP contribution in [0.15, 0.2) is 41.8 Å². The first-order chi connectivity index (χ1) is 12.6. The lowest BCUT2D eigenvalue weighted by Crippen LogP contribution is -2.41. The molecule has 0 unspecified atom stereocenters. The van der Waals surface area contributed by atoms with Crippen LogP contribution < -0.4 is 0 Å². The highest BCUT2D eigenvalue weighted by Crippen LogP contribution is 2.30. The second kappa shape index (κ2) is 7.63. The molecule has 2 aromatic rings. The summed E-state index contributed by atoms with van der Waals surface area (Å²) in [5.74, 6) is -0.452. The van der Waals surface area contributed by atoms with Crippen LogP contribution in [0.4, 0.5) is 13.2 Å². The topological polar surface area (TPSA) is 54.5 Å². The van der Waals surface area contributed by atoms with Crippen LogP contribution in [0.5, 0.6) is 0 Å². The van der Waals surface area contributed by atoms with Gasteiger partial charge in [0.05, 0.1) is 30.0 Å². The minimum atomic E-state index is -4.48. The molecule has 0 aliphatic carbocycles. The van der Waals surface area contributed by atoms with Crippen LogP contribution in [0.3, 0.4) is 0 Å². The summed E-state index contributed by atoms with van der Waals surface area (Å²) in [6.07, 6.45) is -4.33. The summed E-state index contributed by atoms with van der Waals surface area (Å²) >= 11 is 1.45. The van der Waals surface area contributed by atoms with Crippen molar-refractivity contribution < 1.29 is 26.4 Å². The Bertz CT molecular complexity index is 908. The van der Waals surface area contributed by atoms with Crippen molar-refractivity contribution in [2.45, 2.75) is 31.6 Å². The van der Waals surface area contributed by atoms with E-state index in [1.165, 1.54) is 28.4 Å². The van der Waals surface area contributed by atoms with Crippen LogP contribution in [0.1, 0.15) is 22.4 Å². The summed E-state index contributed by atoms with van der Waals surface area (Å²) in [5, 5.41) is 1.86. The molecule has 1 aliphatic heterocycles. The molecular weight excluding hydrogens is 399 g/mol. The molecular formula is C18H18F3NO3S2. The maximum Gasteiger partial charge on any atom is 0.416 e.